The smallest absolute Gasteiger partial charge is 0.358 e. The van der Waals surface area contributed by atoms with E-state index in [2.05, 4.69) is 15.0 Å². The Morgan fingerprint density at radius 1 is 1.24 bits per heavy atom. The summed E-state index contributed by atoms with van der Waals surface area (Å²) in [7, 11) is 0. The molecule has 0 aliphatic heterocycles. The summed E-state index contributed by atoms with van der Waals surface area (Å²) < 4.78 is 1.65. The Labute approximate surface area is 98.0 Å². The minimum atomic E-state index is -1.10. The normalized spacial score (nSPS) is 10.8. The van der Waals surface area contributed by atoms with Crippen LogP contribution in [0.25, 0.3) is 5.82 Å². The summed E-state index contributed by atoms with van der Waals surface area (Å²) in [6.45, 7) is 3.96. The highest BCUT2D eigenvalue weighted by Gasteiger charge is 2.17. The number of aromatic nitrogens is 4. The molecule has 0 amide bonds. The number of hydrogen-bond acceptors (Lipinski definition) is 4. The van der Waals surface area contributed by atoms with Gasteiger partial charge in [-0.1, -0.05) is 13.8 Å². The fraction of sp³-hybridized carbons (Fsp3) is 0.273. The van der Waals surface area contributed by atoms with Crippen LogP contribution in [0.1, 0.15) is 36.1 Å². The maximum Gasteiger partial charge on any atom is 0.358 e. The quantitative estimate of drug-likeness (QED) is 0.866. The third-order valence-electron chi connectivity index (χ3n) is 2.30. The SMILES string of the molecule is CC(C)c1nccn1-c1nccnc1C(=O)O. The van der Waals surface area contributed by atoms with Crippen molar-refractivity contribution in [1.29, 1.82) is 0 Å². The second kappa shape index (κ2) is 4.32. The molecule has 2 rings (SSSR count). The Balaban J connectivity index is 2.60. The van der Waals surface area contributed by atoms with Crippen LogP contribution < -0.4 is 0 Å². The molecule has 0 fully saturated rings. The molecule has 0 atom stereocenters. The molecule has 0 radical (unpaired) electrons. The molecule has 1 N–H and O–H groups in total. The molecular formula is C11H12N4O2. The molecular weight excluding hydrogens is 220 g/mol. The van der Waals surface area contributed by atoms with Crippen molar-refractivity contribution in [3.8, 4) is 5.82 Å². The van der Waals surface area contributed by atoms with Crippen LogP contribution in [0, 0.1) is 0 Å². The van der Waals surface area contributed by atoms with E-state index in [4.69, 9.17) is 5.11 Å². The predicted molar refractivity (Wildman–Crippen MR) is 60.2 cm³/mol. The molecule has 2 aromatic heterocycles. The topological polar surface area (TPSA) is 80.9 Å². The molecule has 0 saturated carbocycles. The van der Waals surface area contributed by atoms with Crippen LogP contribution in [0.15, 0.2) is 24.8 Å². The molecule has 2 heterocycles. The van der Waals surface area contributed by atoms with E-state index >= 15 is 0 Å². The van der Waals surface area contributed by atoms with Crippen molar-refractivity contribution in [2.24, 2.45) is 0 Å². The first-order valence-electron chi connectivity index (χ1n) is 5.19. The number of hydrogen-bond donors (Lipinski definition) is 1. The van der Waals surface area contributed by atoms with Crippen molar-refractivity contribution < 1.29 is 9.90 Å². The molecule has 6 heteroatoms. The van der Waals surface area contributed by atoms with E-state index in [1.807, 2.05) is 13.8 Å². The van der Waals surface area contributed by atoms with Gasteiger partial charge in [-0.15, -0.1) is 0 Å². The summed E-state index contributed by atoms with van der Waals surface area (Å²) in [6, 6.07) is 0. The van der Waals surface area contributed by atoms with Gasteiger partial charge < -0.3 is 5.11 Å². The van der Waals surface area contributed by atoms with Crippen LogP contribution in [0.5, 0.6) is 0 Å². The highest BCUT2D eigenvalue weighted by molar-refractivity contribution is 5.88. The third-order valence-corrected chi connectivity index (χ3v) is 2.30. The molecule has 0 aliphatic rings. The summed E-state index contributed by atoms with van der Waals surface area (Å²) in [6.07, 6.45) is 6.13. The number of carboxylic acids is 1. The van der Waals surface area contributed by atoms with Crippen molar-refractivity contribution in [2.45, 2.75) is 19.8 Å². The zero-order valence-corrected chi connectivity index (χ0v) is 9.53. The Bertz CT molecular complexity index is 548. The molecule has 0 aliphatic carbocycles. The van der Waals surface area contributed by atoms with E-state index in [1.165, 1.54) is 12.4 Å². The predicted octanol–water partition coefficient (Wildman–Crippen LogP) is 1.48. The zero-order valence-electron chi connectivity index (χ0n) is 9.53. The van der Waals surface area contributed by atoms with Gasteiger partial charge in [-0.3, -0.25) is 4.57 Å². The van der Waals surface area contributed by atoms with Crippen LogP contribution in [0.2, 0.25) is 0 Å². The summed E-state index contributed by atoms with van der Waals surface area (Å²) in [4.78, 5) is 23.1. The van der Waals surface area contributed by atoms with Gasteiger partial charge in [0, 0.05) is 30.7 Å². The van der Waals surface area contributed by atoms with Gasteiger partial charge in [0.15, 0.2) is 11.5 Å². The second-order valence-electron chi connectivity index (χ2n) is 3.84. The average molecular weight is 232 g/mol. The van der Waals surface area contributed by atoms with Gasteiger partial charge in [-0.05, 0) is 0 Å². The lowest BCUT2D eigenvalue weighted by Crippen LogP contribution is -2.12. The fourth-order valence-electron chi connectivity index (χ4n) is 1.58. The summed E-state index contributed by atoms with van der Waals surface area (Å²) in [5.41, 5.74) is -0.0765. The number of rotatable bonds is 3. The van der Waals surface area contributed by atoms with Crippen LogP contribution >= 0.6 is 0 Å². The maximum absolute atomic E-state index is 11.1. The monoisotopic (exact) mass is 232 g/mol. The number of aromatic carboxylic acids is 1. The van der Waals surface area contributed by atoms with Crippen molar-refractivity contribution in [3.05, 3.63) is 36.3 Å². The van der Waals surface area contributed by atoms with Gasteiger partial charge in [0.1, 0.15) is 5.82 Å². The molecule has 2 aromatic rings. The van der Waals surface area contributed by atoms with Crippen LogP contribution in [0.3, 0.4) is 0 Å². The molecule has 0 saturated heterocycles. The van der Waals surface area contributed by atoms with Crippen molar-refractivity contribution in [2.75, 3.05) is 0 Å². The Morgan fingerprint density at radius 3 is 2.59 bits per heavy atom. The van der Waals surface area contributed by atoms with Gasteiger partial charge in [0.25, 0.3) is 0 Å². The zero-order chi connectivity index (χ0) is 12.4. The molecule has 0 spiro atoms. The number of carbonyl (C=O) groups is 1. The first kappa shape index (κ1) is 11.3. The van der Waals surface area contributed by atoms with Crippen LogP contribution in [-0.2, 0) is 0 Å². The van der Waals surface area contributed by atoms with Gasteiger partial charge in [0.05, 0.1) is 0 Å². The molecule has 17 heavy (non-hydrogen) atoms. The van der Waals surface area contributed by atoms with Crippen molar-refractivity contribution in [3.63, 3.8) is 0 Å². The molecule has 0 aromatic carbocycles. The van der Waals surface area contributed by atoms with Gasteiger partial charge >= 0.3 is 5.97 Å². The lowest BCUT2D eigenvalue weighted by molar-refractivity contribution is 0.0690. The van der Waals surface area contributed by atoms with Gasteiger partial charge in [-0.25, -0.2) is 19.7 Å². The summed E-state index contributed by atoms with van der Waals surface area (Å²) in [5, 5.41) is 9.06. The van der Waals surface area contributed by atoms with E-state index in [0.29, 0.717) is 5.82 Å². The van der Waals surface area contributed by atoms with Gasteiger partial charge in [-0.2, -0.15) is 0 Å². The molecule has 0 unspecified atom stereocenters. The highest BCUT2D eigenvalue weighted by atomic mass is 16.4. The number of carboxylic acid groups (broad SMARTS) is 1. The van der Waals surface area contributed by atoms with E-state index in [0.717, 1.165) is 5.82 Å². The Kier molecular flexibility index (Phi) is 2.86. The third kappa shape index (κ3) is 2.01. The minimum absolute atomic E-state index is 0.0765. The molecule has 6 nitrogen and oxygen atoms in total. The van der Waals surface area contributed by atoms with E-state index in [-0.39, 0.29) is 11.6 Å². The first-order valence-corrected chi connectivity index (χ1v) is 5.19. The highest BCUT2D eigenvalue weighted by Crippen LogP contribution is 2.17. The summed E-state index contributed by atoms with van der Waals surface area (Å²) in [5.74, 6) is 0.124. The molecule has 88 valence electrons. The first-order chi connectivity index (χ1) is 8.11. The second-order valence-corrected chi connectivity index (χ2v) is 3.84. The Hall–Kier alpha value is -2.24. The minimum Gasteiger partial charge on any atom is -0.476 e. The van der Waals surface area contributed by atoms with Gasteiger partial charge in [0.2, 0.25) is 0 Å². The maximum atomic E-state index is 11.1. The van der Waals surface area contributed by atoms with E-state index in [9.17, 15) is 4.79 Å². The largest absolute Gasteiger partial charge is 0.476 e. The Morgan fingerprint density at radius 2 is 1.94 bits per heavy atom. The molecule has 0 bridgehead atoms. The van der Waals surface area contributed by atoms with E-state index < -0.39 is 5.97 Å². The fourth-order valence-corrected chi connectivity index (χ4v) is 1.58. The van der Waals surface area contributed by atoms with E-state index in [1.54, 1.807) is 17.0 Å². The van der Waals surface area contributed by atoms with Crippen molar-refractivity contribution in [1.82, 2.24) is 19.5 Å². The number of imidazole rings is 1. The number of nitrogens with zero attached hydrogens (tertiary/aromatic N) is 4. The summed E-state index contributed by atoms with van der Waals surface area (Å²) >= 11 is 0. The van der Waals surface area contributed by atoms with Crippen LogP contribution in [0.4, 0.5) is 0 Å². The standard InChI is InChI=1S/C11H12N4O2/c1-7(2)9-14-5-6-15(9)10-8(11(16)17)12-3-4-13-10/h3-7H,1-2H3,(H,16,17). The van der Waals surface area contributed by atoms with Crippen LogP contribution in [-0.4, -0.2) is 30.6 Å². The lowest BCUT2D eigenvalue weighted by Gasteiger charge is -2.10. The lowest BCUT2D eigenvalue weighted by atomic mass is 10.2. The van der Waals surface area contributed by atoms with Crippen molar-refractivity contribution >= 4 is 5.97 Å². The average Bonchev–Trinajstić information content (AvgIpc) is 2.77.